The van der Waals surface area contributed by atoms with Crippen molar-refractivity contribution in [1.29, 1.82) is 0 Å². The van der Waals surface area contributed by atoms with Crippen molar-refractivity contribution in [2.24, 2.45) is 0 Å². The van der Waals surface area contributed by atoms with Crippen LogP contribution in [0.3, 0.4) is 0 Å². The van der Waals surface area contributed by atoms with Crippen LogP contribution in [0.4, 0.5) is 0 Å². The van der Waals surface area contributed by atoms with Gasteiger partial charge in [0.25, 0.3) is 0 Å². The summed E-state index contributed by atoms with van der Waals surface area (Å²) in [7, 11) is 1.36. The van der Waals surface area contributed by atoms with Crippen molar-refractivity contribution >= 4 is 5.97 Å². The Hall–Kier alpha value is -2.19. The summed E-state index contributed by atoms with van der Waals surface area (Å²) in [5.74, 6) is 11.2. The molecule has 1 aromatic rings. The van der Waals surface area contributed by atoms with E-state index in [4.69, 9.17) is 0 Å². The van der Waals surface area contributed by atoms with E-state index in [0.29, 0.717) is 5.56 Å². The average Bonchev–Trinajstić information content (AvgIpc) is 2.42. The highest BCUT2D eigenvalue weighted by Crippen LogP contribution is 2.04. The maximum absolute atomic E-state index is 11.2. The highest BCUT2D eigenvalue weighted by atomic mass is 16.5. The summed E-state index contributed by atoms with van der Waals surface area (Å²) in [5.41, 5.74) is 1.37. The Bertz CT molecular complexity index is 504. The van der Waals surface area contributed by atoms with E-state index in [1.807, 2.05) is 0 Å². The van der Waals surface area contributed by atoms with E-state index >= 15 is 0 Å². The lowest BCUT2D eigenvalue weighted by Gasteiger charge is -1.97. The summed E-state index contributed by atoms with van der Waals surface area (Å²) in [6, 6.07) is 6.96. The first-order valence-corrected chi connectivity index (χ1v) is 5.95. The highest BCUT2D eigenvalue weighted by Gasteiger charge is 2.02. The van der Waals surface area contributed by atoms with Gasteiger partial charge in [-0.3, -0.25) is 0 Å². The molecule has 0 unspecified atom stereocenters. The molecule has 0 aliphatic carbocycles. The van der Waals surface area contributed by atoms with E-state index in [9.17, 15) is 4.79 Å². The second-order valence-electron chi connectivity index (χ2n) is 3.72. The molecule has 2 heteroatoms. The number of carbonyl (C=O) groups is 1. The normalized spacial score (nSPS) is 8.56. The Morgan fingerprint density at radius 3 is 2.56 bits per heavy atom. The largest absolute Gasteiger partial charge is 0.465 e. The van der Waals surface area contributed by atoms with Crippen molar-refractivity contribution in [3.63, 3.8) is 0 Å². The molecule has 1 aromatic carbocycles. The van der Waals surface area contributed by atoms with E-state index in [1.54, 1.807) is 24.3 Å². The second kappa shape index (κ2) is 7.98. The number of unbranched alkanes of at least 4 members (excludes halogenated alkanes) is 2. The standard InChI is InChI=1S/C16H16O2/c1-3-4-5-6-7-8-9-14-10-12-15(13-11-14)16(17)18-2/h10-13H,3-5H2,1-2H3. The number of carbonyl (C=O) groups excluding carboxylic acids is 1. The number of hydrogen-bond acceptors (Lipinski definition) is 2. The highest BCUT2D eigenvalue weighted by molar-refractivity contribution is 5.89. The Morgan fingerprint density at radius 2 is 1.94 bits per heavy atom. The number of ether oxygens (including phenoxy) is 1. The fraction of sp³-hybridized carbons (Fsp3) is 0.312. The van der Waals surface area contributed by atoms with Gasteiger partial charge >= 0.3 is 5.97 Å². The third kappa shape index (κ3) is 4.76. The molecule has 92 valence electrons. The van der Waals surface area contributed by atoms with E-state index in [1.165, 1.54) is 7.11 Å². The molecule has 0 heterocycles. The molecule has 0 aromatic heterocycles. The van der Waals surface area contributed by atoms with Crippen molar-refractivity contribution in [3.8, 4) is 23.7 Å². The lowest BCUT2D eigenvalue weighted by atomic mass is 10.1. The molecule has 0 bridgehead atoms. The topological polar surface area (TPSA) is 26.3 Å². The van der Waals surface area contributed by atoms with Crippen LogP contribution in [0.2, 0.25) is 0 Å². The van der Waals surface area contributed by atoms with Gasteiger partial charge in [-0.15, -0.1) is 0 Å². The summed E-state index contributed by atoms with van der Waals surface area (Å²) < 4.78 is 4.61. The summed E-state index contributed by atoms with van der Waals surface area (Å²) in [4.78, 5) is 11.2. The molecule has 2 nitrogen and oxygen atoms in total. The van der Waals surface area contributed by atoms with Gasteiger partial charge in [-0.1, -0.05) is 25.2 Å². The predicted molar refractivity (Wildman–Crippen MR) is 72.0 cm³/mol. The van der Waals surface area contributed by atoms with Gasteiger partial charge in [0.15, 0.2) is 0 Å². The Balaban J connectivity index is 2.60. The molecule has 18 heavy (non-hydrogen) atoms. The maximum Gasteiger partial charge on any atom is 0.337 e. The van der Waals surface area contributed by atoms with Crippen molar-refractivity contribution < 1.29 is 9.53 Å². The summed E-state index contributed by atoms with van der Waals surface area (Å²) in [6.07, 6.45) is 3.16. The number of hydrogen-bond donors (Lipinski definition) is 0. The molecule has 0 amide bonds. The molecule has 0 fully saturated rings. The van der Waals surface area contributed by atoms with Gasteiger partial charge in [-0.05, 0) is 42.5 Å². The van der Waals surface area contributed by atoms with Gasteiger partial charge < -0.3 is 4.74 Å². The van der Waals surface area contributed by atoms with E-state index in [0.717, 1.165) is 24.8 Å². The lowest BCUT2D eigenvalue weighted by Crippen LogP contribution is -2.00. The first kappa shape index (κ1) is 13.9. The average molecular weight is 240 g/mol. The number of benzene rings is 1. The van der Waals surface area contributed by atoms with Crippen LogP contribution in [-0.4, -0.2) is 13.1 Å². The van der Waals surface area contributed by atoms with Gasteiger partial charge in [0.05, 0.1) is 12.7 Å². The molecule has 0 saturated carbocycles. The molecule has 0 aliphatic heterocycles. The molecule has 0 atom stereocenters. The third-order valence-corrected chi connectivity index (χ3v) is 2.32. The van der Waals surface area contributed by atoms with Gasteiger partial charge in [0, 0.05) is 12.0 Å². The minimum atomic E-state index is -0.339. The first-order chi connectivity index (χ1) is 8.77. The predicted octanol–water partition coefficient (Wildman–Crippen LogP) is 3.02. The lowest BCUT2D eigenvalue weighted by molar-refractivity contribution is 0.0601. The van der Waals surface area contributed by atoms with Crippen molar-refractivity contribution in [2.75, 3.05) is 7.11 Å². The molecule has 0 spiro atoms. The Morgan fingerprint density at radius 1 is 1.22 bits per heavy atom. The molecular formula is C16H16O2. The first-order valence-electron chi connectivity index (χ1n) is 5.95. The van der Waals surface area contributed by atoms with Crippen LogP contribution in [0.5, 0.6) is 0 Å². The van der Waals surface area contributed by atoms with Crippen molar-refractivity contribution in [3.05, 3.63) is 35.4 Å². The molecule has 0 aliphatic rings. The van der Waals surface area contributed by atoms with E-state index in [2.05, 4.69) is 35.3 Å². The molecule has 1 rings (SSSR count). The fourth-order valence-electron chi connectivity index (χ4n) is 1.28. The van der Waals surface area contributed by atoms with Crippen LogP contribution in [0.15, 0.2) is 24.3 Å². The second-order valence-corrected chi connectivity index (χ2v) is 3.72. The zero-order valence-electron chi connectivity index (χ0n) is 10.7. The van der Waals surface area contributed by atoms with Crippen LogP contribution in [0, 0.1) is 23.7 Å². The number of rotatable bonds is 3. The number of methoxy groups -OCH3 is 1. The summed E-state index contributed by atoms with van der Waals surface area (Å²) in [6.45, 7) is 2.14. The van der Waals surface area contributed by atoms with Gasteiger partial charge in [-0.25, -0.2) is 4.79 Å². The smallest absolute Gasteiger partial charge is 0.337 e. The quantitative estimate of drug-likeness (QED) is 0.461. The van der Waals surface area contributed by atoms with Crippen molar-refractivity contribution in [2.45, 2.75) is 26.2 Å². The van der Waals surface area contributed by atoms with Crippen LogP contribution in [-0.2, 0) is 4.74 Å². The van der Waals surface area contributed by atoms with Crippen LogP contribution < -0.4 is 0 Å². The summed E-state index contributed by atoms with van der Waals surface area (Å²) in [5, 5.41) is 0. The van der Waals surface area contributed by atoms with Gasteiger partial charge in [-0.2, -0.15) is 0 Å². The zero-order chi connectivity index (χ0) is 13.2. The summed E-state index contributed by atoms with van der Waals surface area (Å²) >= 11 is 0. The molecule has 0 radical (unpaired) electrons. The molecule has 0 N–H and O–H groups in total. The molecule has 0 saturated heterocycles. The Labute approximate surface area is 108 Å². The minimum absolute atomic E-state index is 0.339. The van der Waals surface area contributed by atoms with Crippen molar-refractivity contribution in [1.82, 2.24) is 0 Å². The third-order valence-electron chi connectivity index (χ3n) is 2.32. The minimum Gasteiger partial charge on any atom is -0.465 e. The molecular weight excluding hydrogens is 224 g/mol. The van der Waals surface area contributed by atoms with E-state index < -0.39 is 0 Å². The SMILES string of the molecule is CCCCC#CC#Cc1ccc(C(=O)OC)cc1. The van der Waals surface area contributed by atoms with Gasteiger partial charge in [0.1, 0.15) is 0 Å². The van der Waals surface area contributed by atoms with Crippen LogP contribution >= 0.6 is 0 Å². The Kier molecular flexibility index (Phi) is 6.15. The van der Waals surface area contributed by atoms with Crippen LogP contribution in [0.1, 0.15) is 42.1 Å². The number of esters is 1. The zero-order valence-corrected chi connectivity index (χ0v) is 10.7. The van der Waals surface area contributed by atoms with E-state index in [-0.39, 0.29) is 5.97 Å². The van der Waals surface area contributed by atoms with Gasteiger partial charge in [0.2, 0.25) is 0 Å². The van der Waals surface area contributed by atoms with Crippen LogP contribution in [0.25, 0.3) is 0 Å². The maximum atomic E-state index is 11.2. The monoisotopic (exact) mass is 240 g/mol. The fourth-order valence-corrected chi connectivity index (χ4v) is 1.28.